The smallest absolute Gasteiger partial charge is 0.260 e. The number of hydrogen-bond donors (Lipinski definition) is 1. The number of ether oxygens (including phenoxy) is 1. The van der Waals surface area contributed by atoms with Gasteiger partial charge in [-0.1, -0.05) is 19.9 Å². The Kier molecular flexibility index (Phi) is 5.48. The first-order chi connectivity index (χ1) is 12.6. The highest BCUT2D eigenvalue weighted by atomic mass is 16.5. The Hall–Kier alpha value is -2.93. The highest BCUT2D eigenvalue weighted by Crippen LogP contribution is 2.32. The van der Waals surface area contributed by atoms with E-state index in [4.69, 9.17) is 10.5 Å². The summed E-state index contributed by atoms with van der Waals surface area (Å²) in [6.07, 6.45) is 6.47. The quantitative estimate of drug-likeness (QED) is 0.771. The lowest BCUT2D eigenvalue weighted by molar-refractivity contribution is -0.108. The first kappa shape index (κ1) is 17.9. The van der Waals surface area contributed by atoms with Crippen molar-refractivity contribution in [2.24, 2.45) is 10.7 Å². The van der Waals surface area contributed by atoms with Crippen molar-refractivity contribution in [2.75, 3.05) is 26.2 Å². The molecule has 7 heteroatoms. The molecule has 7 nitrogen and oxygen atoms in total. The van der Waals surface area contributed by atoms with Gasteiger partial charge in [0.25, 0.3) is 5.88 Å². The average Bonchev–Trinajstić information content (AvgIpc) is 2.98. The Morgan fingerprint density at radius 2 is 2.08 bits per heavy atom. The van der Waals surface area contributed by atoms with Crippen LogP contribution >= 0.6 is 0 Å². The summed E-state index contributed by atoms with van der Waals surface area (Å²) in [6, 6.07) is 5.67. The zero-order chi connectivity index (χ0) is 18.5. The minimum absolute atomic E-state index is 0.227. The van der Waals surface area contributed by atoms with Gasteiger partial charge in [-0.25, -0.2) is 9.51 Å². The molecule has 0 atom stereocenters. The van der Waals surface area contributed by atoms with Crippen LogP contribution in [0.5, 0.6) is 5.88 Å². The molecule has 2 aromatic heterocycles. The van der Waals surface area contributed by atoms with Crippen molar-refractivity contribution < 1.29 is 9.53 Å². The molecule has 1 aliphatic carbocycles. The fourth-order valence-corrected chi connectivity index (χ4v) is 2.72. The van der Waals surface area contributed by atoms with Crippen molar-refractivity contribution in [3.05, 3.63) is 48.3 Å². The third-order valence-electron chi connectivity index (χ3n) is 4.24. The molecule has 0 aromatic carbocycles. The summed E-state index contributed by atoms with van der Waals surface area (Å²) in [7, 11) is 0. The van der Waals surface area contributed by atoms with Gasteiger partial charge in [-0.15, -0.1) is 5.10 Å². The van der Waals surface area contributed by atoms with Crippen molar-refractivity contribution in [1.82, 2.24) is 14.5 Å². The monoisotopic (exact) mass is 353 g/mol. The number of fused-ring (bicyclic) bond motifs is 1. The molecule has 0 saturated heterocycles. The van der Waals surface area contributed by atoms with Crippen LogP contribution in [-0.2, 0) is 4.79 Å². The number of ketones is 1. The number of pyridine rings is 1. The molecule has 0 bridgehead atoms. The second-order valence-electron chi connectivity index (χ2n) is 5.90. The molecule has 136 valence electrons. The first-order valence-corrected chi connectivity index (χ1v) is 8.73. The number of aromatic nitrogens is 2. The Morgan fingerprint density at radius 1 is 1.27 bits per heavy atom. The van der Waals surface area contributed by atoms with Crippen molar-refractivity contribution >= 4 is 22.7 Å². The number of nitrogens with zero attached hydrogens (tertiary/aromatic N) is 4. The second-order valence-corrected chi connectivity index (χ2v) is 5.90. The van der Waals surface area contributed by atoms with Gasteiger partial charge in [0.15, 0.2) is 5.69 Å². The summed E-state index contributed by atoms with van der Waals surface area (Å²) >= 11 is 0. The molecule has 26 heavy (non-hydrogen) atoms. The minimum atomic E-state index is -0.227. The number of likely N-dealkylation sites (N-methyl/N-ethyl adjacent to an activating group) is 1. The van der Waals surface area contributed by atoms with E-state index in [9.17, 15) is 4.79 Å². The molecule has 0 saturated carbocycles. The molecule has 3 rings (SSSR count). The summed E-state index contributed by atoms with van der Waals surface area (Å²) < 4.78 is 7.60. The molecule has 1 aliphatic rings. The molecular weight excluding hydrogens is 330 g/mol. The van der Waals surface area contributed by atoms with Crippen LogP contribution in [-0.4, -0.2) is 52.3 Å². The third-order valence-corrected chi connectivity index (χ3v) is 4.24. The van der Waals surface area contributed by atoms with E-state index in [0.717, 1.165) is 25.2 Å². The standard InChI is InChI=1S/C19H23N5O2/c1-3-23(4-2)11-12-26-19-18(16-7-5-6-10-24(16)22-19)21-15-9-8-14(20)13-17(15)25/h5-10,13H,3-4,11-12,20H2,1-2H3. The van der Waals surface area contributed by atoms with Gasteiger partial charge in [0.2, 0.25) is 5.78 Å². The zero-order valence-corrected chi connectivity index (χ0v) is 15.1. The molecule has 0 unspecified atom stereocenters. The molecule has 2 N–H and O–H groups in total. The SMILES string of the molecule is CCN(CC)CCOc1nn2ccccc2c1N=C1C=CC(N)=CC1=O. The largest absolute Gasteiger partial charge is 0.474 e. The Bertz CT molecular complexity index is 890. The molecule has 0 fully saturated rings. The number of hydrogen-bond acceptors (Lipinski definition) is 6. The van der Waals surface area contributed by atoms with E-state index in [-0.39, 0.29) is 5.78 Å². The van der Waals surface area contributed by atoms with E-state index in [1.54, 1.807) is 16.7 Å². The lowest BCUT2D eigenvalue weighted by atomic mass is 10.1. The number of carbonyl (C=O) groups is 1. The third kappa shape index (κ3) is 3.83. The Morgan fingerprint density at radius 3 is 2.81 bits per heavy atom. The second kappa shape index (κ2) is 7.97. The van der Waals surface area contributed by atoms with Crippen molar-refractivity contribution in [1.29, 1.82) is 0 Å². The molecule has 0 radical (unpaired) electrons. The fraction of sp³-hybridized carbons (Fsp3) is 0.316. The van der Waals surface area contributed by atoms with E-state index in [2.05, 4.69) is 28.8 Å². The molecule has 0 amide bonds. The minimum Gasteiger partial charge on any atom is -0.474 e. The van der Waals surface area contributed by atoms with Gasteiger partial charge in [-0.2, -0.15) is 0 Å². The maximum Gasteiger partial charge on any atom is 0.260 e. The van der Waals surface area contributed by atoms with Crippen LogP contribution in [0.4, 0.5) is 5.69 Å². The van der Waals surface area contributed by atoms with Crippen LogP contribution in [0.15, 0.2) is 53.3 Å². The Balaban J connectivity index is 1.90. The number of carbonyl (C=O) groups excluding carboxylic acids is 1. The van der Waals surface area contributed by atoms with Crippen LogP contribution in [0.3, 0.4) is 0 Å². The van der Waals surface area contributed by atoms with Crippen LogP contribution in [0, 0.1) is 0 Å². The lowest BCUT2D eigenvalue weighted by Gasteiger charge is -2.17. The highest BCUT2D eigenvalue weighted by Gasteiger charge is 2.17. The van der Waals surface area contributed by atoms with Crippen LogP contribution in [0.1, 0.15) is 13.8 Å². The van der Waals surface area contributed by atoms with Gasteiger partial charge in [0, 0.05) is 24.5 Å². The summed E-state index contributed by atoms with van der Waals surface area (Å²) in [5.74, 6) is 0.189. The van der Waals surface area contributed by atoms with Crippen molar-refractivity contribution in [3.63, 3.8) is 0 Å². The number of nitrogens with two attached hydrogens (primary N) is 1. The highest BCUT2D eigenvalue weighted by molar-refractivity contribution is 6.49. The molecule has 0 aliphatic heterocycles. The Labute approximate surface area is 152 Å². The van der Waals surface area contributed by atoms with Gasteiger partial charge in [0.05, 0.1) is 5.52 Å². The molecule has 2 heterocycles. The van der Waals surface area contributed by atoms with Gasteiger partial charge >= 0.3 is 0 Å². The first-order valence-electron chi connectivity index (χ1n) is 8.73. The van der Waals surface area contributed by atoms with Crippen LogP contribution in [0.25, 0.3) is 5.52 Å². The van der Waals surface area contributed by atoms with Crippen molar-refractivity contribution in [2.45, 2.75) is 13.8 Å². The molecule has 0 spiro atoms. The van der Waals surface area contributed by atoms with Gasteiger partial charge < -0.3 is 15.4 Å². The van der Waals surface area contributed by atoms with E-state index in [1.165, 1.54) is 6.08 Å². The average molecular weight is 353 g/mol. The van der Waals surface area contributed by atoms with Crippen LogP contribution < -0.4 is 10.5 Å². The van der Waals surface area contributed by atoms with E-state index in [0.29, 0.717) is 29.6 Å². The topological polar surface area (TPSA) is 85.2 Å². The number of allylic oxidation sites excluding steroid dienone is 3. The fourth-order valence-electron chi connectivity index (χ4n) is 2.72. The maximum atomic E-state index is 12.1. The summed E-state index contributed by atoms with van der Waals surface area (Å²) in [6.45, 7) is 7.47. The van der Waals surface area contributed by atoms with E-state index >= 15 is 0 Å². The number of rotatable bonds is 7. The van der Waals surface area contributed by atoms with E-state index < -0.39 is 0 Å². The zero-order valence-electron chi connectivity index (χ0n) is 15.1. The van der Waals surface area contributed by atoms with Crippen molar-refractivity contribution in [3.8, 4) is 5.88 Å². The van der Waals surface area contributed by atoms with E-state index in [1.807, 2.05) is 24.4 Å². The maximum absolute atomic E-state index is 12.1. The van der Waals surface area contributed by atoms with Crippen LogP contribution in [0.2, 0.25) is 0 Å². The molecule has 2 aromatic rings. The molecular formula is C19H23N5O2. The lowest BCUT2D eigenvalue weighted by Crippen LogP contribution is -2.28. The predicted octanol–water partition coefficient (Wildman–Crippen LogP) is 2.11. The number of aliphatic imine (C=N–C) groups is 1. The summed E-state index contributed by atoms with van der Waals surface area (Å²) in [5, 5.41) is 4.46. The van der Waals surface area contributed by atoms with Gasteiger partial charge in [-0.05, 0) is 37.4 Å². The van der Waals surface area contributed by atoms with Gasteiger partial charge in [0.1, 0.15) is 12.3 Å². The normalized spacial score (nSPS) is 15.9. The van der Waals surface area contributed by atoms with Gasteiger partial charge in [-0.3, -0.25) is 4.79 Å². The predicted molar refractivity (Wildman–Crippen MR) is 102 cm³/mol. The summed E-state index contributed by atoms with van der Waals surface area (Å²) in [4.78, 5) is 18.9. The summed E-state index contributed by atoms with van der Waals surface area (Å²) in [5.41, 5.74) is 7.71.